The molecule has 1 aromatic carbocycles. The molecule has 55 heavy (non-hydrogen) atoms. The lowest BCUT2D eigenvalue weighted by Gasteiger charge is -2.35. The molecule has 0 radical (unpaired) electrons. The van der Waals surface area contributed by atoms with E-state index in [1.165, 1.54) is 11.2 Å². The van der Waals surface area contributed by atoms with Crippen molar-refractivity contribution in [3.63, 3.8) is 0 Å². The highest BCUT2D eigenvalue weighted by atomic mass is 32.2. The van der Waals surface area contributed by atoms with E-state index in [2.05, 4.69) is 32.5 Å². The minimum atomic E-state index is -4.12. The lowest BCUT2D eigenvalue weighted by atomic mass is 9.83. The summed E-state index contributed by atoms with van der Waals surface area (Å²) in [5, 5.41) is 19.8. The zero-order chi connectivity index (χ0) is 39.6. The Morgan fingerprint density at radius 1 is 0.964 bits per heavy atom. The molecule has 16 nitrogen and oxygen atoms in total. The third-order valence-corrected chi connectivity index (χ3v) is 11.8. The molecular formula is C38H59N7O9S. The van der Waals surface area contributed by atoms with Crippen molar-refractivity contribution in [1.29, 1.82) is 0 Å². The van der Waals surface area contributed by atoms with Crippen LogP contribution in [0, 0.1) is 17.8 Å². The fourth-order valence-corrected chi connectivity index (χ4v) is 8.43. The fraction of sp³-hybridized carbons (Fsp3) is 0.684. The maximum atomic E-state index is 14.2. The van der Waals surface area contributed by atoms with Crippen molar-refractivity contribution in [3.8, 4) is 11.8 Å². The fourth-order valence-electron chi connectivity index (χ4n) is 7.10. The number of hydrogen-bond acceptors (Lipinski definition) is 10. The van der Waals surface area contributed by atoms with Crippen LogP contribution < -0.4 is 26.4 Å². The number of morpholine rings is 2. The second-order valence-corrected chi connectivity index (χ2v) is 16.1. The van der Waals surface area contributed by atoms with Crippen molar-refractivity contribution in [3.05, 3.63) is 35.9 Å². The van der Waals surface area contributed by atoms with Gasteiger partial charge in [0.15, 0.2) is 0 Å². The zero-order valence-corrected chi connectivity index (χ0v) is 32.7. The Morgan fingerprint density at radius 2 is 1.67 bits per heavy atom. The maximum absolute atomic E-state index is 14.2. The number of ether oxygens (including phenoxy) is 2. The number of benzene rings is 1. The quantitative estimate of drug-likeness (QED) is 0.105. The third-order valence-electron chi connectivity index (χ3n) is 10.2. The summed E-state index contributed by atoms with van der Waals surface area (Å²) in [4.78, 5) is 54.7. The number of hydrogen-bond donors (Lipinski definition) is 6. The van der Waals surface area contributed by atoms with Crippen LogP contribution in [0.4, 0.5) is 0 Å². The monoisotopic (exact) mass is 789 g/mol. The van der Waals surface area contributed by atoms with Gasteiger partial charge in [-0.1, -0.05) is 74.3 Å². The van der Waals surface area contributed by atoms with Gasteiger partial charge in [0.05, 0.1) is 51.0 Å². The molecule has 1 saturated carbocycles. The van der Waals surface area contributed by atoms with Crippen LogP contribution in [0.25, 0.3) is 0 Å². The predicted octanol–water partition coefficient (Wildman–Crippen LogP) is -0.439. The summed E-state index contributed by atoms with van der Waals surface area (Å²) in [5.74, 6) is 3.92. The lowest BCUT2D eigenvalue weighted by Crippen LogP contribution is -2.58. The molecule has 1 aliphatic carbocycles. The molecule has 5 atom stereocenters. The molecule has 4 rings (SSSR count). The summed E-state index contributed by atoms with van der Waals surface area (Å²) in [6, 6.07) is 5.54. The van der Waals surface area contributed by atoms with Gasteiger partial charge in [-0.2, -0.15) is 17.4 Å². The molecule has 7 N–H and O–H groups in total. The van der Waals surface area contributed by atoms with Gasteiger partial charge >= 0.3 is 0 Å². The summed E-state index contributed by atoms with van der Waals surface area (Å²) in [5.41, 5.74) is 6.40. The Labute approximate surface area is 325 Å². The minimum absolute atomic E-state index is 0.00238. The second-order valence-electron chi connectivity index (χ2n) is 14.4. The molecule has 306 valence electrons. The molecule has 0 spiro atoms. The summed E-state index contributed by atoms with van der Waals surface area (Å²) >= 11 is 0. The number of amides is 4. The van der Waals surface area contributed by atoms with Crippen LogP contribution in [0.5, 0.6) is 0 Å². The van der Waals surface area contributed by atoms with Crippen molar-refractivity contribution in [1.82, 2.24) is 29.9 Å². The van der Waals surface area contributed by atoms with E-state index in [1.54, 1.807) is 29.2 Å². The molecule has 2 aliphatic heterocycles. The first kappa shape index (κ1) is 44.1. The van der Waals surface area contributed by atoms with Gasteiger partial charge in [-0.15, -0.1) is 0 Å². The highest BCUT2D eigenvalue weighted by molar-refractivity contribution is 7.87. The molecule has 2 saturated heterocycles. The Hall–Kier alpha value is -3.63. The van der Waals surface area contributed by atoms with Crippen LogP contribution in [0.3, 0.4) is 0 Å². The van der Waals surface area contributed by atoms with E-state index >= 15 is 0 Å². The number of carbonyl (C=O) groups is 4. The Bertz CT molecular complexity index is 1560. The number of aliphatic hydroxyl groups is 1. The summed E-state index contributed by atoms with van der Waals surface area (Å²) < 4.78 is 41.7. The SMILES string of the molecule is CC(=O)NCC#CCC(NC(=O)C(Cc1ccccc1)NS(=O)(=O)N1CCOCC1)C(=O)NC(CC1CCCCC1)[C@@H](O)CC(=O)N1CCOC(CCN)C1. The Balaban J connectivity index is 1.55. The van der Waals surface area contributed by atoms with Gasteiger partial charge in [0.2, 0.25) is 23.6 Å². The van der Waals surface area contributed by atoms with E-state index in [-0.39, 0.29) is 75.9 Å². The first-order chi connectivity index (χ1) is 26.4. The summed E-state index contributed by atoms with van der Waals surface area (Å²) in [6.07, 6.45) is 4.27. The van der Waals surface area contributed by atoms with Crippen molar-refractivity contribution in [2.24, 2.45) is 11.7 Å². The number of nitrogens with two attached hydrogens (primary N) is 1. The van der Waals surface area contributed by atoms with Gasteiger partial charge in [0.25, 0.3) is 10.2 Å². The first-order valence-corrected chi connectivity index (χ1v) is 20.9. The van der Waals surface area contributed by atoms with Gasteiger partial charge in [-0.25, -0.2) is 0 Å². The molecule has 0 aromatic heterocycles. The third kappa shape index (κ3) is 15.1. The van der Waals surface area contributed by atoms with E-state index < -0.39 is 46.3 Å². The molecule has 0 bridgehead atoms. The van der Waals surface area contributed by atoms with Crippen LogP contribution >= 0.6 is 0 Å². The normalized spacial score (nSPS) is 20.6. The number of aliphatic hydroxyl groups excluding tert-OH is 1. The van der Waals surface area contributed by atoms with Crippen molar-refractivity contribution in [2.75, 3.05) is 59.1 Å². The average molecular weight is 790 g/mol. The average Bonchev–Trinajstić information content (AvgIpc) is 3.18. The van der Waals surface area contributed by atoms with E-state index in [4.69, 9.17) is 15.2 Å². The number of carbonyl (C=O) groups excluding carboxylic acids is 4. The van der Waals surface area contributed by atoms with Crippen LogP contribution in [-0.4, -0.2) is 136 Å². The van der Waals surface area contributed by atoms with Crippen molar-refractivity contribution in [2.45, 2.75) is 101 Å². The molecular weight excluding hydrogens is 731 g/mol. The Morgan fingerprint density at radius 3 is 2.36 bits per heavy atom. The smallest absolute Gasteiger partial charge is 0.280 e. The van der Waals surface area contributed by atoms with Crippen molar-refractivity contribution >= 4 is 33.8 Å². The van der Waals surface area contributed by atoms with Gasteiger partial charge in [-0.05, 0) is 37.3 Å². The maximum Gasteiger partial charge on any atom is 0.280 e. The largest absolute Gasteiger partial charge is 0.390 e. The molecule has 3 aliphatic rings. The molecule has 4 unspecified atom stereocenters. The number of rotatable bonds is 18. The van der Waals surface area contributed by atoms with Crippen molar-refractivity contribution < 1.29 is 42.2 Å². The number of nitrogens with one attached hydrogen (secondary N) is 4. The standard InChI is InChI=1S/C38H59N7O9S/c1-28(46)40-17-9-8-14-32(41-38(50)34(25-30-12-6-3-7-13-30)43-55(51,52)45-19-21-53-22-20-45)37(49)42-33(24-29-10-4-2-5-11-29)35(47)26-36(48)44-18-23-54-31(27-44)15-16-39/h3,6-7,12-13,29,31-35,43,47H,2,4-5,10-11,14-27,39H2,1H3,(H,40,46)(H,41,50)(H,42,49)/t31?,32?,33?,34?,35-/m0/s1. The van der Waals surface area contributed by atoms with Crippen LogP contribution in [0.2, 0.25) is 0 Å². The highest BCUT2D eigenvalue weighted by Crippen LogP contribution is 2.29. The highest BCUT2D eigenvalue weighted by Gasteiger charge is 2.35. The van der Waals surface area contributed by atoms with Gasteiger partial charge in [-0.3, -0.25) is 19.2 Å². The molecule has 4 amide bonds. The molecule has 2 heterocycles. The van der Waals surface area contributed by atoms with Gasteiger partial charge in [0.1, 0.15) is 12.1 Å². The summed E-state index contributed by atoms with van der Waals surface area (Å²) in [7, 11) is -4.12. The first-order valence-electron chi connectivity index (χ1n) is 19.4. The van der Waals surface area contributed by atoms with Gasteiger partial charge in [0, 0.05) is 39.5 Å². The molecule has 3 fully saturated rings. The molecule has 17 heteroatoms. The van der Waals surface area contributed by atoms with E-state index in [0.717, 1.165) is 32.1 Å². The van der Waals surface area contributed by atoms with Crippen LogP contribution in [-0.2, 0) is 45.3 Å². The Kier molecular flexibility index (Phi) is 18.3. The lowest BCUT2D eigenvalue weighted by molar-refractivity contribution is -0.142. The molecule has 1 aromatic rings. The topological polar surface area (TPSA) is 222 Å². The summed E-state index contributed by atoms with van der Waals surface area (Å²) in [6.45, 7) is 3.60. The number of nitrogens with zero attached hydrogens (tertiary/aromatic N) is 2. The zero-order valence-electron chi connectivity index (χ0n) is 31.9. The predicted molar refractivity (Wildman–Crippen MR) is 205 cm³/mol. The van der Waals surface area contributed by atoms with E-state index in [1.807, 2.05) is 6.07 Å². The van der Waals surface area contributed by atoms with Crippen LogP contribution in [0.1, 0.15) is 70.3 Å². The second kappa shape index (κ2) is 22.8. The van der Waals surface area contributed by atoms with E-state index in [0.29, 0.717) is 44.6 Å². The minimum Gasteiger partial charge on any atom is -0.390 e. The van der Waals surface area contributed by atoms with E-state index in [9.17, 15) is 32.7 Å². The van der Waals surface area contributed by atoms with Gasteiger partial charge < -0.3 is 41.2 Å². The van der Waals surface area contributed by atoms with Crippen LogP contribution in [0.15, 0.2) is 30.3 Å².